The normalized spacial score (nSPS) is 13.4. The lowest BCUT2D eigenvalue weighted by atomic mass is 10.2. The number of morpholine rings is 1. The molecule has 172 valence electrons. The molecule has 3 aromatic rings. The minimum atomic E-state index is -0.565. The van der Waals surface area contributed by atoms with Crippen molar-refractivity contribution in [1.29, 1.82) is 0 Å². The van der Waals surface area contributed by atoms with E-state index in [1.165, 1.54) is 13.3 Å². The van der Waals surface area contributed by atoms with Crippen LogP contribution in [0.2, 0.25) is 0 Å². The third-order valence-corrected chi connectivity index (χ3v) is 4.86. The number of nitrogens with zero attached hydrogens (tertiary/aromatic N) is 4. The number of ether oxygens (including phenoxy) is 3. The van der Waals surface area contributed by atoms with Gasteiger partial charge in [0.2, 0.25) is 5.91 Å². The molecule has 0 spiro atoms. The number of nitrogens with one attached hydrogen (secondary N) is 1. The lowest BCUT2D eigenvalue weighted by molar-refractivity contribution is -0.115. The van der Waals surface area contributed by atoms with Crippen molar-refractivity contribution in [3.8, 4) is 5.75 Å². The Hall–Kier alpha value is -3.99. The van der Waals surface area contributed by atoms with Gasteiger partial charge in [-0.2, -0.15) is 4.98 Å². The van der Waals surface area contributed by atoms with Crippen molar-refractivity contribution in [3.05, 3.63) is 59.9 Å². The Labute approximate surface area is 189 Å². The highest BCUT2D eigenvalue weighted by molar-refractivity contribution is 5.93. The maximum atomic E-state index is 12.3. The molecule has 1 aliphatic rings. The summed E-state index contributed by atoms with van der Waals surface area (Å²) >= 11 is 0. The summed E-state index contributed by atoms with van der Waals surface area (Å²) in [5.74, 6) is 0.674. The molecule has 1 aliphatic heterocycles. The number of amides is 1. The molecule has 3 heterocycles. The molecule has 1 fully saturated rings. The van der Waals surface area contributed by atoms with Gasteiger partial charge in [0.05, 0.1) is 38.0 Å². The van der Waals surface area contributed by atoms with Gasteiger partial charge in [-0.05, 0) is 24.3 Å². The predicted molar refractivity (Wildman–Crippen MR) is 116 cm³/mol. The Balaban J connectivity index is 1.27. The summed E-state index contributed by atoms with van der Waals surface area (Å²) in [5.41, 5.74) is 0.846. The molecule has 1 saturated heterocycles. The second-order valence-electron chi connectivity index (χ2n) is 7.11. The van der Waals surface area contributed by atoms with Crippen LogP contribution in [0.1, 0.15) is 22.1 Å². The van der Waals surface area contributed by atoms with Crippen LogP contribution in [0.4, 0.5) is 11.5 Å². The third-order valence-electron chi connectivity index (χ3n) is 4.86. The molecule has 0 bridgehead atoms. The Kier molecular flexibility index (Phi) is 7.10. The van der Waals surface area contributed by atoms with E-state index in [1.54, 1.807) is 36.4 Å². The first-order valence-electron chi connectivity index (χ1n) is 10.3. The SMILES string of the molecule is COc1ccccc1NC(=O)Cc1noc(COC(=O)c2ccc(N3CCOCC3)nc2)n1. The predicted octanol–water partition coefficient (Wildman–Crippen LogP) is 1.85. The van der Waals surface area contributed by atoms with Crippen molar-refractivity contribution in [2.75, 3.05) is 43.6 Å². The van der Waals surface area contributed by atoms with Crippen LogP contribution in [-0.4, -0.2) is 60.4 Å². The molecule has 11 heteroatoms. The minimum absolute atomic E-state index is 0.0846. The maximum absolute atomic E-state index is 12.3. The minimum Gasteiger partial charge on any atom is -0.495 e. The first kappa shape index (κ1) is 22.2. The van der Waals surface area contributed by atoms with Crippen LogP contribution in [-0.2, 0) is 27.3 Å². The van der Waals surface area contributed by atoms with Crippen molar-refractivity contribution in [2.24, 2.45) is 0 Å². The maximum Gasteiger partial charge on any atom is 0.340 e. The first-order valence-corrected chi connectivity index (χ1v) is 10.3. The zero-order valence-corrected chi connectivity index (χ0v) is 18.0. The highest BCUT2D eigenvalue weighted by atomic mass is 16.6. The van der Waals surface area contributed by atoms with Crippen molar-refractivity contribution in [2.45, 2.75) is 13.0 Å². The second-order valence-corrected chi connectivity index (χ2v) is 7.11. The fourth-order valence-corrected chi connectivity index (χ4v) is 3.20. The Bertz CT molecular complexity index is 1090. The van der Waals surface area contributed by atoms with Crippen LogP contribution in [0.5, 0.6) is 5.75 Å². The van der Waals surface area contributed by atoms with E-state index in [0.717, 1.165) is 18.9 Å². The number of pyridine rings is 1. The Morgan fingerprint density at radius 1 is 1.15 bits per heavy atom. The number of esters is 1. The summed E-state index contributed by atoms with van der Waals surface area (Å²) in [4.78, 5) is 35.1. The molecule has 0 aliphatic carbocycles. The van der Waals surface area contributed by atoms with E-state index in [4.69, 9.17) is 18.7 Å². The molecule has 4 rings (SSSR count). The standard InChI is InChI=1S/C22H23N5O6/c1-30-17-5-3-2-4-16(17)24-20(28)12-18-25-21(33-26-18)14-32-22(29)15-6-7-19(23-13-15)27-8-10-31-11-9-27/h2-7,13H,8-12,14H2,1H3,(H,24,28). The molecule has 1 N–H and O–H groups in total. The summed E-state index contributed by atoms with van der Waals surface area (Å²) in [7, 11) is 1.52. The number of rotatable bonds is 8. The van der Waals surface area contributed by atoms with Gasteiger partial charge in [-0.3, -0.25) is 4.79 Å². The average Bonchev–Trinajstić information content (AvgIpc) is 3.30. The van der Waals surface area contributed by atoms with Gasteiger partial charge in [0.15, 0.2) is 12.4 Å². The number of carbonyl (C=O) groups excluding carboxylic acids is 2. The molecule has 1 amide bonds. The summed E-state index contributed by atoms with van der Waals surface area (Å²) in [5, 5.41) is 6.49. The van der Waals surface area contributed by atoms with Crippen LogP contribution in [0.3, 0.4) is 0 Å². The van der Waals surface area contributed by atoms with Gasteiger partial charge in [0.25, 0.3) is 5.89 Å². The van der Waals surface area contributed by atoms with Crippen molar-refractivity contribution in [3.63, 3.8) is 0 Å². The third kappa shape index (κ3) is 5.83. The molecule has 0 radical (unpaired) electrons. The van der Waals surface area contributed by atoms with E-state index in [-0.39, 0.29) is 30.7 Å². The number of methoxy groups -OCH3 is 1. The summed E-state index contributed by atoms with van der Waals surface area (Å²) < 4.78 is 20.8. The van der Waals surface area contributed by atoms with Crippen molar-refractivity contribution in [1.82, 2.24) is 15.1 Å². The fourth-order valence-electron chi connectivity index (χ4n) is 3.20. The second kappa shape index (κ2) is 10.6. The zero-order valence-electron chi connectivity index (χ0n) is 18.0. The number of para-hydroxylation sites is 2. The number of carbonyl (C=O) groups is 2. The van der Waals surface area contributed by atoms with Gasteiger partial charge < -0.3 is 29.0 Å². The number of hydrogen-bond donors (Lipinski definition) is 1. The van der Waals surface area contributed by atoms with Gasteiger partial charge in [-0.15, -0.1) is 0 Å². The van der Waals surface area contributed by atoms with E-state index in [1.807, 2.05) is 0 Å². The van der Waals surface area contributed by atoms with Crippen LogP contribution >= 0.6 is 0 Å². The van der Waals surface area contributed by atoms with E-state index in [9.17, 15) is 9.59 Å². The lowest BCUT2D eigenvalue weighted by Crippen LogP contribution is -2.36. The van der Waals surface area contributed by atoms with E-state index < -0.39 is 5.97 Å². The molecule has 0 unspecified atom stereocenters. The summed E-state index contributed by atoms with van der Waals surface area (Å²) in [6.45, 7) is 2.60. The lowest BCUT2D eigenvalue weighted by Gasteiger charge is -2.27. The largest absolute Gasteiger partial charge is 0.495 e. The van der Waals surface area contributed by atoms with Crippen LogP contribution < -0.4 is 15.0 Å². The monoisotopic (exact) mass is 453 g/mol. The summed E-state index contributed by atoms with van der Waals surface area (Å²) in [6.07, 6.45) is 1.36. The summed E-state index contributed by atoms with van der Waals surface area (Å²) in [6, 6.07) is 10.5. The van der Waals surface area contributed by atoms with E-state index in [2.05, 4.69) is 25.3 Å². The molecular formula is C22H23N5O6. The van der Waals surface area contributed by atoms with Crippen LogP contribution in [0.15, 0.2) is 47.1 Å². The number of aromatic nitrogens is 3. The number of benzene rings is 1. The molecule has 11 nitrogen and oxygen atoms in total. The quantitative estimate of drug-likeness (QED) is 0.505. The Morgan fingerprint density at radius 2 is 1.97 bits per heavy atom. The van der Waals surface area contributed by atoms with Crippen LogP contribution in [0, 0.1) is 0 Å². The van der Waals surface area contributed by atoms with E-state index in [0.29, 0.717) is 30.2 Å². The first-order chi connectivity index (χ1) is 16.1. The molecule has 2 aromatic heterocycles. The van der Waals surface area contributed by atoms with Crippen molar-refractivity contribution >= 4 is 23.4 Å². The van der Waals surface area contributed by atoms with Gasteiger partial charge in [0, 0.05) is 19.3 Å². The molecule has 1 aromatic carbocycles. The zero-order chi connectivity index (χ0) is 23.0. The molecule has 0 saturated carbocycles. The molecule has 33 heavy (non-hydrogen) atoms. The fraction of sp³-hybridized carbons (Fsp3) is 0.318. The topological polar surface area (TPSA) is 129 Å². The van der Waals surface area contributed by atoms with Crippen molar-refractivity contribution < 1.29 is 28.3 Å². The van der Waals surface area contributed by atoms with Crippen LogP contribution in [0.25, 0.3) is 0 Å². The van der Waals surface area contributed by atoms with Gasteiger partial charge in [-0.1, -0.05) is 17.3 Å². The highest BCUT2D eigenvalue weighted by Gasteiger charge is 2.16. The van der Waals surface area contributed by atoms with E-state index >= 15 is 0 Å². The number of hydrogen-bond acceptors (Lipinski definition) is 10. The smallest absolute Gasteiger partial charge is 0.340 e. The average molecular weight is 453 g/mol. The van der Waals surface area contributed by atoms with Gasteiger partial charge in [0.1, 0.15) is 11.6 Å². The molecule has 0 atom stereocenters. The molecular weight excluding hydrogens is 430 g/mol. The van der Waals surface area contributed by atoms with Gasteiger partial charge in [-0.25, -0.2) is 9.78 Å². The van der Waals surface area contributed by atoms with Gasteiger partial charge >= 0.3 is 5.97 Å². The Morgan fingerprint density at radius 3 is 2.73 bits per heavy atom. The number of anilines is 2. The highest BCUT2D eigenvalue weighted by Crippen LogP contribution is 2.23.